The van der Waals surface area contributed by atoms with Crippen LogP contribution in [0, 0.1) is 0 Å². The maximum Gasteiger partial charge on any atom is 0.264 e. The molecular weight excluding hydrogens is 326 g/mol. The number of anilines is 1. The van der Waals surface area contributed by atoms with E-state index < -0.39 is 10.0 Å². The number of ether oxygens (including phenoxy) is 1. The normalized spacial score (nSPS) is 15.4. The van der Waals surface area contributed by atoms with E-state index in [1.54, 1.807) is 30.3 Å². The summed E-state index contributed by atoms with van der Waals surface area (Å²) in [7, 11) is -2.36. The zero-order chi connectivity index (χ0) is 17.3. The van der Waals surface area contributed by atoms with Gasteiger partial charge in [-0.1, -0.05) is 25.5 Å². The fourth-order valence-electron chi connectivity index (χ4n) is 2.69. The molecule has 126 valence electrons. The predicted octanol–water partition coefficient (Wildman–Crippen LogP) is 3.24. The molecule has 0 N–H and O–H groups in total. The van der Waals surface area contributed by atoms with Crippen LogP contribution in [0.15, 0.2) is 47.4 Å². The Morgan fingerprint density at radius 1 is 1.08 bits per heavy atom. The number of hydrogen-bond acceptors (Lipinski definition) is 4. The largest absolute Gasteiger partial charge is 0.494 e. The van der Waals surface area contributed by atoms with Crippen LogP contribution in [0.2, 0.25) is 0 Å². The van der Waals surface area contributed by atoms with Crippen molar-refractivity contribution >= 4 is 21.5 Å². The van der Waals surface area contributed by atoms with Gasteiger partial charge in [0.1, 0.15) is 10.6 Å². The van der Waals surface area contributed by atoms with Crippen molar-refractivity contribution in [1.82, 2.24) is 0 Å². The molecule has 0 amide bonds. The van der Waals surface area contributed by atoms with Gasteiger partial charge in [0.05, 0.1) is 12.3 Å². The minimum atomic E-state index is -3.82. The summed E-state index contributed by atoms with van der Waals surface area (Å²) in [6.45, 7) is 2.56. The molecule has 0 aliphatic carbocycles. The highest BCUT2D eigenvalue weighted by atomic mass is 32.2. The predicted molar refractivity (Wildman–Crippen MR) is 92.3 cm³/mol. The van der Waals surface area contributed by atoms with Gasteiger partial charge in [-0.3, -0.25) is 9.10 Å². The fourth-order valence-corrected chi connectivity index (χ4v) is 4.11. The van der Waals surface area contributed by atoms with Crippen LogP contribution < -0.4 is 9.04 Å². The number of sulfonamides is 1. The van der Waals surface area contributed by atoms with Crippen molar-refractivity contribution in [3.63, 3.8) is 0 Å². The molecule has 0 bridgehead atoms. The molecular formula is C18H19NO4S. The molecule has 0 fully saturated rings. The second kappa shape index (κ2) is 6.28. The first-order valence-corrected chi connectivity index (χ1v) is 9.30. The quantitative estimate of drug-likeness (QED) is 0.798. The van der Waals surface area contributed by atoms with E-state index in [1.165, 1.54) is 19.2 Å². The van der Waals surface area contributed by atoms with E-state index in [0.29, 0.717) is 23.6 Å². The van der Waals surface area contributed by atoms with Crippen LogP contribution in [0.4, 0.5) is 5.69 Å². The second-order valence-corrected chi connectivity index (χ2v) is 7.62. The molecule has 0 unspecified atom stereocenters. The number of hydrogen-bond donors (Lipinski definition) is 0. The zero-order valence-corrected chi connectivity index (χ0v) is 14.5. The van der Waals surface area contributed by atoms with E-state index in [9.17, 15) is 13.2 Å². The van der Waals surface area contributed by atoms with Gasteiger partial charge in [0.15, 0.2) is 5.78 Å². The Morgan fingerprint density at radius 2 is 1.83 bits per heavy atom. The smallest absolute Gasteiger partial charge is 0.264 e. The number of benzene rings is 2. The highest BCUT2D eigenvalue weighted by Gasteiger charge is 2.34. The van der Waals surface area contributed by atoms with E-state index in [4.69, 9.17) is 4.74 Å². The molecule has 0 saturated heterocycles. The lowest BCUT2D eigenvalue weighted by Gasteiger charge is -2.19. The Bertz CT molecular complexity index is 890. The van der Waals surface area contributed by atoms with Gasteiger partial charge in [-0.05, 0) is 30.7 Å². The van der Waals surface area contributed by atoms with Crippen LogP contribution in [-0.2, 0) is 10.0 Å². The van der Waals surface area contributed by atoms with Crippen LogP contribution in [-0.4, -0.2) is 27.9 Å². The number of rotatable bonds is 4. The summed E-state index contributed by atoms with van der Waals surface area (Å²) < 4.78 is 32.6. The molecule has 1 aliphatic rings. The molecule has 24 heavy (non-hydrogen) atoms. The maximum atomic E-state index is 12.9. The molecule has 6 heteroatoms. The summed E-state index contributed by atoms with van der Waals surface area (Å²) in [5, 5.41) is 0. The Morgan fingerprint density at radius 3 is 2.58 bits per heavy atom. The van der Waals surface area contributed by atoms with Crippen molar-refractivity contribution in [3.05, 3.63) is 53.6 Å². The van der Waals surface area contributed by atoms with Gasteiger partial charge in [0.2, 0.25) is 0 Å². The van der Waals surface area contributed by atoms with Crippen LogP contribution >= 0.6 is 0 Å². The summed E-state index contributed by atoms with van der Waals surface area (Å²) in [6, 6.07) is 11.3. The van der Waals surface area contributed by atoms with Crippen molar-refractivity contribution in [2.45, 2.75) is 24.7 Å². The van der Waals surface area contributed by atoms with E-state index in [1.807, 2.05) is 0 Å². The monoisotopic (exact) mass is 345 g/mol. The first-order valence-electron chi connectivity index (χ1n) is 7.86. The highest BCUT2D eigenvalue weighted by Crippen LogP contribution is 2.35. The number of para-hydroxylation sites is 1. The number of fused-ring (bicyclic) bond motifs is 2. The third-order valence-corrected chi connectivity index (χ3v) is 5.90. The lowest BCUT2D eigenvalue weighted by atomic mass is 10.0. The van der Waals surface area contributed by atoms with Gasteiger partial charge in [0.25, 0.3) is 10.0 Å². The molecule has 2 aromatic carbocycles. The number of nitrogens with zero attached hydrogens (tertiary/aromatic N) is 1. The van der Waals surface area contributed by atoms with E-state index in [2.05, 4.69) is 6.92 Å². The number of unbranched alkanes of at least 4 members (excludes halogenated alkanes) is 1. The summed E-state index contributed by atoms with van der Waals surface area (Å²) >= 11 is 0. The lowest BCUT2D eigenvalue weighted by Crippen LogP contribution is -2.26. The van der Waals surface area contributed by atoms with Gasteiger partial charge in [0, 0.05) is 24.2 Å². The summed E-state index contributed by atoms with van der Waals surface area (Å²) in [5.74, 6) is 0.159. The Hall–Kier alpha value is -2.34. The van der Waals surface area contributed by atoms with Crippen LogP contribution in [0.25, 0.3) is 0 Å². The van der Waals surface area contributed by atoms with Gasteiger partial charge in [-0.2, -0.15) is 0 Å². The first-order chi connectivity index (χ1) is 11.5. The number of ketones is 1. The highest BCUT2D eigenvalue weighted by molar-refractivity contribution is 7.93. The molecule has 0 radical (unpaired) electrons. The van der Waals surface area contributed by atoms with Gasteiger partial charge in [-0.15, -0.1) is 0 Å². The zero-order valence-electron chi connectivity index (χ0n) is 13.7. The Labute approximate surface area is 141 Å². The first kappa shape index (κ1) is 16.5. The molecule has 1 aliphatic heterocycles. The molecule has 0 saturated carbocycles. The Kier molecular flexibility index (Phi) is 4.32. The topological polar surface area (TPSA) is 63.7 Å². The van der Waals surface area contributed by atoms with Crippen LogP contribution in [0.3, 0.4) is 0 Å². The van der Waals surface area contributed by atoms with Crippen molar-refractivity contribution in [2.75, 3.05) is 18.0 Å². The van der Waals surface area contributed by atoms with Crippen molar-refractivity contribution < 1.29 is 17.9 Å². The lowest BCUT2D eigenvalue weighted by molar-refractivity contribution is 0.103. The minimum absolute atomic E-state index is 0.0137. The third kappa shape index (κ3) is 2.67. The number of carbonyl (C=O) groups excluding carboxylic acids is 1. The fraction of sp³-hybridized carbons (Fsp3) is 0.278. The van der Waals surface area contributed by atoms with Gasteiger partial charge < -0.3 is 4.74 Å². The maximum absolute atomic E-state index is 12.9. The van der Waals surface area contributed by atoms with E-state index in [0.717, 1.165) is 17.1 Å². The van der Waals surface area contributed by atoms with Crippen molar-refractivity contribution in [1.29, 1.82) is 0 Å². The molecule has 5 nitrogen and oxygen atoms in total. The van der Waals surface area contributed by atoms with Gasteiger partial charge >= 0.3 is 0 Å². The second-order valence-electron chi connectivity index (χ2n) is 5.68. The van der Waals surface area contributed by atoms with E-state index >= 15 is 0 Å². The third-order valence-electron chi connectivity index (χ3n) is 4.09. The average Bonchev–Trinajstić information content (AvgIpc) is 2.65. The SMILES string of the molecule is CCCCOc1ccc2c(c1)S(=O)(=O)N(C)c1ccccc1C2=O. The summed E-state index contributed by atoms with van der Waals surface area (Å²) in [5.41, 5.74) is 0.934. The number of carbonyl (C=O) groups is 1. The van der Waals surface area contributed by atoms with Gasteiger partial charge in [-0.25, -0.2) is 8.42 Å². The molecule has 2 aromatic rings. The standard InChI is InChI=1S/C18H19NO4S/c1-3-4-11-23-13-9-10-15-17(12-13)24(21,22)19(2)16-8-6-5-7-14(16)18(15)20/h5-10,12H,3-4,11H2,1-2H3. The Balaban J connectivity index is 2.14. The average molecular weight is 345 g/mol. The van der Waals surface area contributed by atoms with E-state index in [-0.39, 0.29) is 16.2 Å². The molecule has 0 spiro atoms. The molecule has 0 atom stereocenters. The van der Waals surface area contributed by atoms with Crippen molar-refractivity contribution in [3.8, 4) is 5.75 Å². The van der Waals surface area contributed by atoms with Crippen LogP contribution in [0.5, 0.6) is 5.75 Å². The van der Waals surface area contributed by atoms with Crippen LogP contribution in [0.1, 0.15) is 35.7 Å². The van der Waals surface area contributed by atoms with Crippen molar-refractivity contribution in [2.24, 2.45) is 0 Å². The summed E-state index contributed by atoms with van der Waals surface area (Å²) in [4.78, 5) is 12.8. The minimum Gasteiger partial charge on any atom is -0.494 e. The molecule has 3 rings (SSSR count). The summed E-state index contributed by atoms with van der Waals surface area (Å²) in [6.07, 6.45) is 1.87. The molecule has 0 aromatic heterocycles. The molecule has 1 heterocycles.